The number of amides is 1. The summed E-state index contributed by atoms with van der Waals surface area (Å²) in [4.78, 5) is 28.1. The zero-order valence-electron chi connectivity index (χ0n) is 13.2. The minimum Gasteiger partial charge on any atom is -0.464 e. The molecule has 2 rings (SSSR count). The van der Waals surface area contributed by atoms with Gasteiger partial charge >= 0.3 is 5.97 Å². The van der Waals surface area contributed by atoms with E-state index in [1.54, 1.807) is 0 Å². The highest BCUT2D eigenvalue weighted by Crippen LogP contribution is 2.24. The zero-order valence-corrected chi connectivity index (χ0v) is 13.2. The number of carbonyl (C=O) groups excluding carboxylic acids is 2. The number of carbonyl (C=O) groups is 2. The molecule has 1 aliphatic heterocycles. The molecule has 0 spiro atoms. The second kappa shape index (κ2) is 7.93. The van der Waals surface area contributed by atoms with Crippen LogP contribution in [0.4, 0.5) is 5.82 Å². The summed E-state index contributed by atoms with van der Waals surface area (Å²) < 4.78 is 11.9. The average molecular weight is 309 g/mol. The first-order chi connectivity index (χ1) is 10.7. The molecule has 0 unspecified atom stereocenters. The van der Waals surface area contributed by atoms with Gasteiger partial charge in [0.1, 0.15) is 12.4 Å². The van der Waals surface area contributed by atoms with E-state index in [1.807, 2.05) is 4.57 Å². The highest BCUT2D eigenvalue weighted by atomic mass is 16.5. The Morgan fingerprint density at radius 3 is 2.91 bits per heavy atom. The predicted molar refractivity (Wildman–Crippen MR) is 80.9 cm³/mol. The molecule has 0 bridgehead atoms. The van der Waals surface area contributed by atoms with Crippen molar-refractivity contribution in [1.82, 2.24) is 9.55 Å². The van der Waals surface area contributed by atoms with Crippen LogP contribution in [0.25, 0.3) is 0 Å². The number of hydrogen-bond acceptors (Lipinski definition) is 5. The number of anilines is 1. The lowest BCUT2D eigenvalue weighted by Crippen LogP contribution is -2.21. The topological polar surface area (TPSA) is 82.5 Å². The van der Waals surface area contributed by atoms with Gasteiger partial charge in [0.05, 0.1) is 7.11 Å². The fraction of sp³-hybridized carbons (Fsp3) is 0.667. The van der Waals surface area contributed by atoms with Crippen molar-refractivity contribution in [3.63, 3.8) is 0 Å². The smallest absolute Gasteiger partial charge is 0.358 e. The molecule has 7 heteroatoms. The van der Waals surface area contributed by atoms with Gasteiger partial charge in [0.15, 0.2) is 11.5 Å². The second-order valence-electron chi connectivity index (χ2n) is 5.28. The van der Waals surface area contributed by atoms with E-state index in [9.17, 15) is 9.59 Å². The van der Waals surface area contributed by atoms with Crippen LogP contribution in [0.1, 0.15) is 48.9 Å². The molecule has 1 aliphatic rings. The first-order valence-corrected chi connectivity index (χ1v) is 7.72. The lowest BCUT2D eigenvalue weighted by Gasteiger charge is -2.07. The standard InChI is InChI=1S/C15H23N3O4/c1-3-4-5-9-22-10-12(19)17-14-13(15(20)21-2)18-8-6-7-11(18)16-14/h3-10H2,1-2H3,(H,17,19). The summed E-state index contributed by atoms with van der Waals surface area (Å²) >= 11 is 0. The number of nitrogens with one attached hydrogen (secondary N) is 1. The van der Waals surface area contributed by atoms with Gasteiger partial charge in [-0.2, -0.15) is 0 Å². The largest absolute Gasteiger partial charge is 0.464 e. The highest BCUT2D eigenvalue weighted by Gasteiger charge is 2.27. The number of aromatic nitrogens is 2. The fourth-order valence-corrected chi connectivity index (χ4v) is 2.50. The number of nitrogens with zero attached hydrogens (tertiary/aromatic N) is 2. The van der Waals surface area contributed by atoms with Crippen LogP contribution in [-0.2, 0) is 27.2 Å². The minimum absolute atomic E-state index is 0.0352. The molecule has 1 amide bonds. The maximum Gasteiger partial charge on any atom is 0.358 e. The Labute approximate surface area is 130 Å². The molecule has 0 aliphatic carbocycles. The summed E-state index contributed by atoms with van der Waals surface area (Å²) in [5.41, 5.74) is 0.314. The molecule has 1 aromatic heterocycles. The Morgan fingerprint density at radius 2 is 2.18 bits per heavy atom. The van der Waals surface area contributed by atoms with Gasteiger partial charge in [-0.25, -0.2) is 9.78 Å². The number of rotatable bonds is 8. The van der Waals surface area contributed by atoms with Gasteiger partial charge in [-0.15, -0.1) is 0 Å². The van der Waals surface area contributed by atoms with E-state index < -0.39 is 5.97 Å². The maximum absolute atomic E-state index is 11.9. The van der Waals surface area contributed by atoms with Gasteiger partial charge in [0, 0.05) is 19.6 Å². The molecule has 0 radical (unpaired) electrons. The monoisotopic (exact) mass is 309 g/mol. The van der Waals surface area contributed by atoms with E-state index in [-0.39, 0.29) is 18.3 Å². The number of fused-ring (bicyclic) bond motifs is 1. The molecular weight excluding hydrogens is 286 g/mol. The normalized spacial score (nSPS) is 13.0. The molecule has 2 heterocycles. The van der Waals surface area contributed by atoms with Crippen LogP contribution in [-0.4, -0.2) is 41.8 Å². The van der Waals surface area contributed by atoms with Crippen molar-refractivity contribution in [2.24, 2.45) is 0 Å². The van der Waals surface area contributed by atoms with E-state index in [2.05, 4.69) is 17.2 Å². The van der Waals surface area contributed by atoms with Gasteiger partial charge < -0.3 is 19.4 Å². The Hall–Kier alpha value is -1.89. The molecule has 0 fully saturated rings. The average Bonchev–Trinajstić information content (AvgIpc) is 3.06. The summed E-state index contributed by atoms with van der Waals surface area (Å²) in [7, 11) is 1.32. The summed E-state index contributed by atoms with van der Waals surface area (Å²) in [6.07, 6.45) is 4.88. The molecule has 0 saturated heterocycles. The number of esters is 1. The lowest BCUT2D eigenvalue weighted by atomic mass is 10.3. The number of methoxy groups -OCH3 is 1. The van der Waals surface area contributed by atoms with Crippen molar-refractivity contribution in [1.29, 1.82) is 0 Å². The van der Waals surface area contributed by atoms with E-state index in [0.29, 0.717) is 12.3 Å². The van der Waals surface area contributed by atoms with Crippen molar-refractivity contribution >= 4 is 17.7 Å². The molecule has 7 nitrogen and oxygen atoms in total. The minimum atomic E-state index is -0.486. The summed E-state index contributed by atoms with van der Waals surface area (Å²) in [6, 6.07) is 0. The third-order valence-corrected chi connectivity index (χ3v) is 3.59. The van der Waals surface area contributed by atoms with E-state index in [1.165, 1.54) is 7.11 Å². The van der Waals surface area contributed by atoms with Crippen LogP contribution >= 0.6 is 0 Å². The van der Waals surface area contributed by atoms with Crippen LogP contribution in [0, 0.1) is 0 Å². The summed E-state index contributed by atoms with van der Waals surface area (Å²) in [5, 5.41) is 2.65. The third kappa shape index (κ3) is 3.85. The summed E-state index contributed by atoms with van der Waals surface area (Å²) in [5.74, 6) is 0.279. The molecular formula is C15H23N3O4. The number of imidazole rings is 1. The van der Waals surface area contributed by atoms with Crippen LogP contribution in [0.5, 0.6) is 0 Å². The zero-order chi connectivity index (χ0) is 15.9. The van der Waals surface area contributed by atoms with Crippen molar-refractivity contribution in [2.45, 2.75) is 45.6 Å². The first kappa shape index (κ1) is 16.5. The molecule has 1 aromatic rings. The van der Waals surface area contributed by atoms with Crippen LogP contribution in [0.3, 0.4) is 0 Å². The second-order valence-corrected chi connectivity index (χ2v) is 5.28. The number of unbranched alkanes of at least 4 members (excludes halogenated alkanes) is 2. The number of ether oxygens (including phenoxy) is 2. The molecule has 1 N–H and O–H groups in total. The molecule has 0 atom stereocenters. The van der Waals surface area contributed by atoms with Crippen molar-refractivity contribution in [2.75, 3.05) is 25.6 Å². The third-order valence-electron chi connectivity index (χ3n) is 3.59. The van der Waals surface area contributed by atoms with Gasteiger partial charge in [-0.3, -0.25) is 4.79 Å². The van der Waals surface area contributed by atoms with Gasteiger partial charge in [-0.05, 0) is 12.8 Å². The van der Waals surface area contributed by atoms with Gasteiger partial charge in [-0.1, -0.05) is 19.8 Å². The Morgan fingerprint density at radius 1 is 1.36 bits per heavy atom. The van der Waals surface area contributed by atoms with E-state index >= 15 is 0 Å². The number of aryl methyl sites for hydroxylation is 1. The van der Waals surface area contributed by atoms with Crippen molar-refractivity contribution < 1.29 is 19.1 Å². The first-order valence-electron chi connectivity index (χ1n) is 7.72. The molecule has 0 aromatic carbocycles. The molecule has 122 valence electrons. The summed E-state index contributed by atoms with van der Waals surface area (Å²) in [6.45, 7) is 3.35. The van der Waals surface area contributed by atoms with Gasteiger partial charge in [0.2, 0.25) is 0 Å². The Balaban J connectivity index is 1.95. The Kier molecular flexibility index (Phi) is 5.94. The van der Waals surface area contributed by atoms with Crippen LogP contribution in [0.15, 0.2) is 0 Å². The van der Waals surface area contributed by atoms with Crippen molar-refractivity contribution in [3.8, 4) is 0 Å². The maximum atomic E-state index is 11.9. The SMILES string of the molecule is CCCCCOCC(=O)Nc1nc2n(c1C(=O)OC)CCC2. The van der Waals surface area contributed by atoms with E-state index in [4.69, 9.17) is 9.47 Å². The lowest BCUT2D eigenvalue weighted by molar-refractivity contribution is -0.120. The number of hydrogen-bond donors (Lipinski definition) is 1. The highest BCUT2D eigenvalue weighted by molar-refractivity contribution is 5.99. The van der Waals surface area contributed by atoms with E-state index in [0.717, 1.165) is 44.5 Å². The van der Waals surface area contributed by atoms with Crippen LogP contribution in [0.2, 0.25) is 0 Å². The van der Waals surface area contributed by atoms with Gasteiger partial charge in [0.25, 0.3) is 5.91 Å². The fourth-order valence-electron chi connectivity index (χ4n) is 2.50. The molecule has 0 saturated carbocycles. The quantitative estimate of drug-likeness (QED) is 0.584. The Bertz CT molecular complexity index is 539. The van der Waals surface area contributed by atoms with Crippen LogP contribution < -0.4 is 5.32 Å². The molecule has 22 heavy (non-hydrogen) atoms. The van der Waals surface area contributed by atoms with Crippen molar-refractivity contribution in [3.05, 3.63) is 11.5 Å². The predicted octanol–water partition coefficient (Wildman–Crippen LogP) is 1.76.